The third-order valence-corrected chi connectivity index (χ3v) is 3.38. The van der Waals surface area contributed by atoms with Crippen molar-refractivity contribution >= 4 is 12.6 Å². The van der Waals surface area contributed by atoms with Crippen LogP contribution >= 0.6 is 0 Å². The molecule has 4 nitrogen and oxygen atoms in total. The number of rotatable bonds is 6. The van der Waals surface area contributed by atoms with E-state index >= 15 is 0 Å². The molecule has 0 saturated heterocycles. The summed E-state index contributed by atoms with van der Waals surface area (Å²) in [4.78, 5) is 20.3. The molecule has 32 heavy (non-hydrogen) atoms. The molecule has 0 aliphatic carbocycles. The Bertz CT molecular complexity index is 721. The third-order valence-electron chi connectivity index (χ3n) is 3.38. The highest BCUT2D eigenvalue weighted by atomic mass is 16.5. The highest BCUT2D eigenvalue weighted by Gasteiger charge is 1.90. The van der Waals surface area contributed by atoms with Gasteiger partial charge in [-0.3, -0.25) is 9.59 Å². The van der Waals surface area contributed by atoms with E-state index in [1.165, 1.54) is 11.1 Å². The number of carbonyl (C=O) groups excluding carboxylic acids is 2. The average Bonchev–Trinajstić information content (AvgIpc) is 2.86. The van der Waals surface area contributed by atoms with Crippen LogP contribution in [0.1, 0.15) is 67.8 Å². The van der Waals surface area contributed by atoms with E-state index in [9.17, 15) is 9.59 Å². The van der Waals surface area contributed by atoms with Crippen LogP contribution in [-0.2, 0) is 4.74 Å². The Morgan fingerprint density at radius 3 is 1.75 bits per heavy atom. The lowest BCUT2D eigenvalue weighted by Gasteiger charge is -1.97. The van der Waals surface area contributed by atoms with E-state index in [0.717, 1.165) is 12.4 Å². The number of aryl methyl sites for hydroxylation is 1. The highest BCUT2D eigenvalue weighted by molar-refractivity contribution is 5.81. The van der Waals surface area contributed by atoms with Crippen molar-refractivity contribution in [1.82, 2.24) is 0 Å². The molecule has 178 valence electrons. The van der Waals surface area contributed by atoms with Crippen molar-refractivity contribution in [2.75, 3.05) is 20.8 Å². The average molecular weight is 443 g/mol. The van der Waals surface area contributed by atoms with Gasteiger partial charge in [-0.15, -0.1) is 0 Å². The first-order valence-electron chi connectivity index (χ1n) is 10.9. The summed E-state index contributed by atoms with van der Waals surface area (Å²) in [5.41, 5.74) is 3.57. The molecule has 2 rings (SSSR count). The van der Waals surface area contributed by atoms with Gasteiger partial charge in [-0.05, 0) is 44.5 Å². The lowest BCUT2D eigenvalue weighted by molar-refractivity contribution is 0.112. The van der Waals surface area contributed by atoms with E-state index in [1.54, 1.807) is 38.5 Å². The molecule has 0 saturated carbocycles. The van der Waals surface area contributed by atoms with Crippen LogP contribution in [0.3, 0.4) is 0 Å². The van der Waals surface area contributed by atoms with Gasteiger partial charge >= 0.3 is 0 Å². The summed E-state index contributed by atoms with van der Waals surface area (Å²) in [6.45, 7) is 14.8. The Morgan fingerprint density at radius 1 is 0.875 bits per heavy atom. The SMILES string of the molecule is C/C=C\C=C(\C)COC.CC.CC.COc1ccc(C)cc1.O=Cc1cccc(C=O)c1. The monoisotopic (exact) mass is 442 g/mol. The molecule has 0 fully saturated rings. The highest BCUT2D eigenvalue weighted by Crippen LogP contribution is 2.09. The predicted molar refractivity (Wildman–Crippen MR) is 138 cm³/mol. The number of ether oxygens (including phenoxy) is 2. The quantitative estimate of drug-likeness (QED) is 0.343. The molecule has 0 aromatic heterocycles. The molecular formula is C28H42O4. The molecular weight excluding hydrogens is 400 g/mol. The molecule has 2 aromatic carbocycles. The van der Waals surface area contributed by atoms with Crippen molar-refractivity contribution in [2.24, 2.45) is 0 Å². The molecule has 0 heterocycles. The van der Waals surface area contributed by atoms with Gasteiger partial charge < -0.3 is 9.47 Å². The fourth-order valence-electron chi connectivity index (χ4n) is 1.92. The van der Waals surface area contributed by atoms with Crippen molar-refractivity contribution in [3.05, 3.63) is 89.0 Å². The number of benzene rings is 2. The third kappa shape index (κ3) is 20.3. The van der Waals surface area contributed by atoms with E-state index < -0.39 is 0 Å². The van der Waals surface area contributed by atoms with E-state index in [-0.39, 0.29) is 0 Å². The first kappa shape index (κ1) is 33.7. The van der Waals surface area contributed by atoms with Crippen LogP contribution in [0, 0.1) is 6.92 Å². The van der Waals surface area contributed by atoms with Crippen molar-refractivity contribution in [3.8, 4) is 5.75 Å². The van der Waals surface area contributed by atoms with Crippen LogP contribution in [0.4, 0.5) is 0 Å². The zero-order valence-corrected chi connectivity index (χ0v) is 21.3. The van der Waals surface area contributed by atoms with Crippen LogP contribution in [-0.4, -0.2) is 33.4 Å². The zero-order chi connectivity index (χ0) is 25.2. The van der Waals surface area contributed by atoms with Crippen molar-refractivity contribution < 1.29 is 19.1 Å². The van der Waals surface area contributed by atoms with Crippen LogP contribution in [0.2, 0.25) is 0 Å². The lowest BCUT2D eigenvalue weighted by atomic mass is 10.2. The normalized spacial score (nSPS) is 9.34. The lowest BCUT2D eigenvalue weighted by Crippen LogP contribution is -1.87. The maximum atomic E-state index is 10.2. The second kappa shape index (κ2) is 26.1. The number of methoxy groups -OCH3 is 2. The van der Waals surface area contributed by atoms with Crippen LogP contribution in [0.25, 0.3) is 0 Å². The Balaban J connectivity index is -0.000000365. The fourth-order valence-corrected chi connectivity index (χ4v) is 1.92. The van der Waals surface area contributed by atoms with Gasteiger partial charge in [0.15, 0.2) is 0 Å². The number of allylic oxidation sites excluding steroid dienone is 3. The maximum absolute atomic E-state index is 10.2. The molecule has 0 spiro atoms. The summed E-state index contributed by atoms with van der Waals surface area (Å²) in [6.07, 6.45) is 7.48. The molecule has 0 aliphatic rings. The van der Waals surface area contributed by atoms with Crippen LogP contribution < -0.4 is 4.74 Å². The molecule has 2 aromatic rings. The molecule has 0 unspecified atom stereocenters. The van der Waals surface area contributed by atoms with Gasteiger partial charge in [0.25, 0.3) is 0 Å². The molecule has 0 atom stereocenters. The molecule has 0 bridgehead atoms. The molecule has 0 N–H and O–H groups in total. The Hall–Kier alpha value is -2.98. The minimum absolute atomic E-state index is 0.532. The largest absolute Gasteiger partial charge is 0.497 e. The number of hydrogen-bond donors (Lipinski definition) is 0. The van der Waals surface area contributed by atoms with E-state index in [2.05, 4.69) is 6.92 Å². The van der Waals surface area contributed by atoms with E-state index in [1.807, 2.05) is 84.0 Å². The van der Waals surface area contributed by atoms with E-state index in [4.69, 9.17) is 9.47 Å². The summed E-state index contributed by atoms with van der Waals surface area (Å²) in [7, 11) is 3.37. The van der Waals surface area contributed by atoms with Gasteiger partial charge in [0.2, 0.25) is 0 Å². The van der Waals surface area contributed by atoms with Gasteiger partial charge in [0.05, 0.1) is 13.7 Å². The summed E-state index contributed by atoms with van der Waals surface area (Å²) < 4.78 is 9.87. The maximum Gasteiger partial charge on any atom is 0.150 e. The minimum atomic E-state index is 0.532. The van der Waals surface area contributed by atoms with Gasteiger partial charge in [-0.25, -0.2) is 0 Å². The molecule has 0 aliphatic heterocycles. The summed E-state index contributed by atoms with van der Waals surface area (Å²) >= 11 is 0. The smallest absolute Gasteiger partial charge is 0.150 e. The number of aldehydes is 2. The number of hydrogen-bond acceptors (Lipinski definition) is 4. The zero-order valence-electron chi connectivity index (χ0n) is 21.3. The molecule has 0 radical (unpaired) electrons. The second-order valence-electron chi connectivity index (χ2n) is 5.89. The fraction of sp³-hybridized carbons (Fsp3) is 0.357. The Labute approximate surface area is 196 Å². The summed E-state index contributed by atoms with van der Waals surface area (Å²) in [5, 5.41) is 0. The van der Waals surface area contributed by atoms with Crippen LogP contribution in [0.15, 0.2) is 72.3 Å². The molecule has 4 heteroatoms. The summed E-state index contributed by atoms with van der Waals surface area (Å²) in [5.74, 6) is 0.917. The number of carbonyl (C=O) groups is 2. The standard InChI is InChI=1S/C8H6O2.C8H10O.C8H14O.2C2H6/c9-5-7-2-1-3-8(4-7)6-10;1-7-3-5-8(9-2)6-4-7;1-4-5-6-8(2)7-9-3;2*1-2/h1-6H;3-6H,1-2H3;4-6H,7H2,1-3H3;2*1-2H3/b;;5-4-,8-6-;;. The first-order chi connectivity index (χ1) is 15.5. The van der Waals surface area contributed by atoms with Gasteiger partial charge in [0, 0.05) is 18.2 Å². The van der Waals surface area contributed by atoms with Crippen molar-refractivity contribution in [2.45, 2.75) is 48.5 Å². The second-order valence-corrected chi connectivity index (χ2v) is 5.89. The Morgan fingerprint density at radius 2 is 1.38 bits per heavy atom. The van der Waals surface area contributed by atoms with Gasteiger partial charge in [0.1, 0.15) is 18.3 Å². The van der Waals surface area contributed by atoms with Gasteiger partial charge in [-0.2, -0.15) is 0 Å². The summed E-state index contributed by atoms with van der Waals surface area (Å²) in [6, 6.07) is 14.5. The molecule has 0 amide bonds. The van der Waals surface area contributed by atoms with Gasteiger partial charge in [-0.1, -0.05) is 81.8 Å². The van der Waals surface area contributed by atoms with Crippen molar-refractivity contribution in [1.29, 1.82) is 0 Å². The predicted octanol–water partition coefficient (Wildman–Crippen LogP) is 7.52. The van der Waals surface area contributed by atoms with E-state index in [0.29, 0.717) is 23.7 Å². The topological polar surface area (TPSA) is 52.6 Å². The van der Waals surface area contributed by atoms with Crippen molar-refractivity contribution in [3.63, 3.8) is 0 Å². The minimum Gasteiger partial charge on any atom is -0.497 e. The first-order valence-corrected chi connectivity index (χ1v) is 10.9. The van der Waals surface area contributed by atoms with Crippen LogP contribution in [0.5, 0.6) is 5.75 Å². The Kier molecular flexibility index (Phi) is 27.4.